The van der Waals surface area contributed by atoms with Crippen molar-refractivity contribution in [3.05, 3.63) is 59.3 Å². The van der Waals surface area contributed by atoms with Crippen LogP contribution < -0.4 is 9.80 Å². The first-order chi connectivity index (χ1) is 22.4. The molecule has 47 heavy (non-hydrogen) atoms. The molecule has 0 spiro atoms. The van der Waals surface area contributed by atoms with Gasteiger partial charge in [-0.2, -0.15) is 9.61 Å². The molecule has 3 aromatic heterocycles. The molecule has 1 saturated heterocycles. The summed E-state index contributed by atoms with van der Waals surface area (Å²) in [4.78, 5) is 14.9. The highest BCUT2D eigenvalue weighted by Crippen LogP contribution is 2.43. The van der Waals surface area contributed by atoms with Crippen LogP contribution in [0.4, 0.5) is 11.6 Å². The summed E-state index contributed by atoms with van der Waals surface area (Å²) in [5.74, 6) is 3.36. The zero-order valence-corrected chi connectivity index (χ0v) is 32.6. The van der Waals surface area contributed by atoms with Crippen LogP contribution in [0.5, 0.6) is 0 Å². The van der Waals surface area contributed by atoms with Crippen molar-refractivity contribution in [2.45, 2.75) is 70.6 Å². The third kappa shape index (κ3) is 8.54. The lowest BCUT2D eigenvalue weighted by molar-refractivity contribution is 0.0941. The number of rotatable bonds is 14. The summed E-state index contributed by atoms with van der Waals surface area (Å²) in [6.07, 6.45) is 7.83. The lowest BCUT2D eigenvalue weighted by atomic mass is 9.99. The Hall–Kier alpha value is -2.58. The molecule has 252 valence electrons. The van der Waals surface area contributed by atoms with Crippen LogP contribution in [-0.2, 0) is 9.47 Å². The van der Waals surface area contributed by atoms with Crippen LogP contribution in [0.15, 0.2) is 59.3 Å². The van der Waals surface area contributed by atoms with Crippen molar-refractivity contribution < 1.29 is 9.47 Å². The maximum absolute atomic E-state index is 6.39. The van der Waals surface area contributed by atoms with Gasteiger partial charge < -0.3 is 19.3 Å². The molecule has 1 aliphatic carbocycles. The number of ether oxygens (including phenoxy) is 2. The monoisotopic (exact) mass is 734 g/mol. The van der Waals surface area contributed by atoms with E-state index < -0.39 is 16.1 Å². The van der Waals surface area contributed by atoms with E-state index in [0.29, 0.717) is 13.5 Å². The fourth-order valence-electron chi connectivity index (χ4n) is 6.61. The third-order valence-corrected chi connectivity index (χ3v) is 13.5. The van der Waals surface area contributed by atoms with Crippen LogP contribution >= 0.6 is 15.9 Å². The second-order valence-electron chi connectivity index (χ2n) is 15.9. The molecule has 6 rings (SSSR count). The number of aromatic nitrogens is 4. The minimum atomic E-state index is -1.23. The molecule has 11 heteroatoms. The largest absolute Gasteiger partial charge is 0.361 e. The van der Waals surface area contributed by atoms with Gasteiger partial charge in [0.05, 0.1) is 11.9 Å². The van der Waals surface area contributed by atoms with Gasteiger partial charge in [-0.1, -0.05) is 75.7 Å². The summed E-state index contributed by atoms with van der Waals surface area (Å²) in [5, 5.41) is 4.96. The van der Waals surface area contributed by atoms with Crippen LogP contribution in [0.3, 0.4) is 0 Å². The Morgan fingerprint density at radius 2 is 1.47 bits per heavy atom. The number of fused-ring (bicyclic) bond motifs is 3. The first-order valence-corrected chi connectivity index (χ1v) is 25.4. The molecule has 0 N–H and O–H groups in total. The minimum Gasteiger partial charge on any atom is -0.361 e. The Morgan fingerprint density at radius 1 is 0.830 bits per heavy atom. The van der Waals surface area contributed by atoms with Crippen molar-refractivity contribution in [2.75, 3.05) is 49.6 Å². The molecule has 2 atom stereocenters. The number of nitrogens with zero attached hydrogens (tertiary/aromatic N) is 6. The van der Waals surface area contributed by atoms with Gasteiger partial charge in [0.25, 0.3) is 0 Å². The second-order valence-corrected chi connectivity index (χ2v) is 27.9. The van der Waals surface area contributed by atoms with Gasteiger partial charge in [-0.3, -0.25) is 4.98 Å². The fourth-order valence-corrected chi connectivity index (χ4v) is 8.88. The molecule has 2 aliphatic rings. The molecule has 0 amide bonds. The Morgan fingerprint density at radius 3 is 2.04 bits per heavy atom. The van der Waals surface area contributed by atoms with E-state index in [1.54, 1.807) is 0 Å². The second kappa shape index (κ2) is 14.5. The molecule has 1 aliphatic heterocycles. The number of hydrogen-bond donors (Lipinski definition) is 0. The van der Waals surface area contributed by atoms with Crippen molar-refractivity contribution in [2.24, 2.45) is 11.8 Å². The Kier molecular flexibility index (Phi) is 10.6. The molecule has 8 nitrogen and oxygen atoms in total. The fraction of sp³-hybridized carbons (Fsp3) is 0.528. The quantitative estimate of drug-likeness (QED) is 0.0728. The van der Waals surface area contributed by atoms with E-state index in [-0.39, 0.29) is 0 Å². The van der Waals surface area contributed by atoms with E-state index in [0.717, 1.165) is 94.4 Å². The smallest absolute Gasteiger partial charge is 0.167 e. The summed E-state index contributed by atoms with van der Waals surface area (Å²) < 4.78 is 15.7. The van der Waals surface area contributed by atoms with Crippen LogP contribution in [0.2, 0.25) is 51.4 Å². The van der Waals surface area contributed by atoms with Crippen LogP contribution in [-0.4, -0.2) is 75.5 Å². The normalized spacial score (nSPS) is 18.3. The third-order valence-electron chi connectivity index (χ3n) is 9.39. The highest BCUT2D eigenvalue weighted by Gasteiger charge is 2.35. The van der Waals surface area contributed by atoms with Crippen LogP contribution in [0, 0.1) is 11.8 Å². The van der Waals surface area contributed by atoms with E-state index >= 15 is 0 Å². The topological polar surface area (TPSA) is 68.0 Å². The van der Waals surface area contributed by atoms with Gasteiger partial charge in [0, 0.05) is 65.3 Å². The number of hydrogen-bond acceptors (Lipinski definition) is 7. The first-order valence-electron chi connectivity index (χ1n) is 17.2. The van der Waals surface area contributed by atoms with Crippen molar-refractivity contribution in [1.82, 2.24) is 19.6 Å². The molecule has 1 aromatic carbocycles. The van der Waals surface area contributed by atoms with E-state index in [1.807, 2.05) is 35.1 Å². The maximum Gasteiger partial charge on any atom is 0.167 e. The SMILES string of the molecule is C[Si](C)(C)CCOCN(COCC[Si](C)(C)C)c1c(Br)c(N2CC3CCC(C3)C2)nc2c(-c3ccc(-c4ccccc4)nc3)cnn12. The van der Waals surface area contributed by atoms with E-state index in [9.17, 15) is 0 Å². The summed E-state index contributed by atoms with van der Waals surface area (Å²) in [7, 11) is -2.47. The summed E-state index contributed by atoms with van der Waals surface area (Å²) in [6, 6.07) is 16.7. The van der Waals surface area contributed by atoms with Gasteiger partial charge in [0.1, 0.15) is 23.8 Å². The molecule has 1 saturated carbocycles. The van der Waals surface area contributed by atoms with Crippen molar-refractivity contribution in [1.29, 1.82) is 0 Å². The Bertz CT molecular complexity index is 1600. The van der Waals surface area contributed by atoms with Gasteiger partial charge in [0.2, 0.25) is 0 Å². The van der Waals surface area contributed by atoms with Gasteiger partial charge in [-0.05, 0) is 65.2 Å². The Labute approximate surface area is 291 Å². The summed E-state index contributed by atoms with van der Waals surface area (Å²) in [6.45, 7) is 18.7. The van der Waals surface area contributed by atoms with Crippen molar-refractivity contribution >= 4 is 49.4 Å². The number of anilines is 2. The standard InChI is InChI=1S/C36H51BrN6O2Si2/c1-46(2,3)18-16-44-25-42(26-45-17-19-47(4,5)6)36-33(37)35(41-23-27-12-13-28(20-27)24-41)40-34-31(22-39-43(34)36)30-14-15-32(38-21-30)29-10-8-7-9-11-29/h7-11,14-15,21-22,27-28H,12-13,16-20,23-26H2,1-6H3. The van der Waals surface area contributed by atoms with Crippen LogP contribution in [0.1, 0.15) is 19.3 Å². The molecule has 0 radical (unpaired) electrons. The molecule has 2 unspecified atom stereocenters. The van der Waals surface area contributed by atoms with Gasteiger partial charge in [0.15, 0.2) is 11.5 Å². The average molecular weight is 736 g/mol. The van der Waals surface area contributed by atoms with Gasteiger partial charge >= 0.3 is 0 Å². The Balaban J connectivity index is 1.39. The van der Waals surface area contributed by atoms with E-state index in [4.69, 9.17) is 24.5 Å². The lowest BCUT2D eigenvalue weighted by Crippen LogP contribution is -2.38. The van der Waals surface area contributed by atoms with Gasteiger partial charge in [-0.15, -0.1) is 0 Å². The number of benzene rings is 1. The van der Waals surface area contributed by atoms with Gasteiger partial charge in [-0.25, -0.2) is 4.98 Å². The van der Waals surface area contributed by atoms with E-state index in [2.05, 4.69) is 89.3 Å². The average Bonchev–Trinajstić information content (AvgIpc) is 3.61. The molecule has 2 bridgehead atoms. The number of pyridine rings is 1. The molecular weight excluding hydrogens is 685 g/mol. The van der Waals surface area contributed by atoms with Crippen LogP contribution in [0.25, 0.3) is 28.0 Å². The number of halogens is 1. The number of piperidine rings is 1. The zero-order valence-electron chi connectivity index (χ0n) is 29.0. The molecule has 2 fully saturated rings. The highest BCUT2D eigenvalue weighted by atomic mass is 79.9. The van der Waals surface area contributed by atoms with Crippen molar-refractivity contribution in [3.63, 3.8) is 0 Å². The highest BCUT2D eigenvalue weighted by molar-refractivity contribution is 9.10. The summed E-state index contributed by atoms with van der Waals surface area (Å²) in [5.41, 5.74) is 4.83. The maximum atomic E-state index is 6.39. The zero-order chi connectivity index (χ0) is 33.2. The molecule has 4 aromatic rings. The predicted molar refractivity (Wildman–Crippen MR) is 203 cm³/mol. The molecular formula is C36H51BrN6O2Si2. The molecule has 4 heterocycles. The van der Waals surface area contributed by atoms with E-state index in [1.165, 1.54) is 19.3 Å². The first kappa shape index (κ1) is 34.3. The minimum absolute atomic E-state index is 0.419. The summed E-state index contributed by atoms with van der Waals surface area (Å²) >= 11 is 4.06. The predicted octanol–water partition coefficient (Wildman–Crippen LogP) is 8.89. The van der Waals surface area contributed by atoms with Crippen molar-refractivity contribution in [3.8, 4) is 22.4 Å². The lowest BCUT2D eigenvalue weighted by Gasteiger charge is -2.35.